The zero-order valence-electron chi connectivity index (χ0n) is 9.56. The van der Waals surface area contributed by atoms with Crippen LogP contribution in [-0.4, -0.2) is 31.3 Å². The van der Waals surface area contributed by atoms with Crippen LogP contribution < -0.4 is 5.73 Å². The van der Waals surface area contributed by atoms with E-state index in [0.29, 0.717) is 6.07 Å². The third kappa shape index (κ3) is 3.44. The summed E-state index contributed by atoms with van der Waals surface area (Å²) in [5.41, 5.74) is 5.25. The lowest BCUT2D eigenvalue weighted by atomic mass is 10.3. The van der Waals surface area contributed by atoms with E-state index in [9.17, 15) is 17.2 Å². The van der Waals surface area contributed by atoms with Crippen LogP contribution in [0.25, 0.3) is 0 Å². The van der Waals surface area contributed by atoms with Crippen LogP contribution >= 0.6 is 12.2 Å². The number of benzene rings is 1. The highest BCUT2D eigenvalue weighted by molar-refractivity contribution is 7.89. The Morgan fingerprint density at radius 2 is 2.06 bits per heavy atom. The molecule has 8 heteroatoms. The largest absolute Gasteiger partial charge is 0.393 e. The van der Waals surface area contributed by atoms with Gasteiger partial charge in [-0.3, -0.25) is 0 Å². The van der Waals surface area contributed by atoms with Crippen LogP contribution in [0.3, 0.4) is 0 Å². The number of halogens is 2. The summed E-state index contributed by atoms with van der Waals surface area (Å²) in [5, 5.41) is 0. The number of rotatable bonds is 5. The Kier molecular flexibility index (Phi) is 4.71. The van der Waals surface area contributed by atoms with Crippen LogP contribution in [0.5, 0.6) is 0 Å². The Hall–Kier alpha value is -1.12. The Morgan fingerprint density at radius 3 is 2.61 bits per heavy atom. The monoisotopic (exact) mass is 294 g/mol. The molecule has 0 aromatic heterocycles. The summed E-state index contributed by atoms with van der Waals surface area (Å²) < 4.78 is 51.2. The molecule has 0 aliphatic carbocycles. The molecule has 4 nitrogen and oxygen atoms in total. The molecule has 1 aromatic rings. The van der Waals surface area contributed by atoms with Gasteiger partial charge in [0.1, 0.15) is 16.5 Å². The van der Waals surface area contributed by atoms with Crippen LogP contribution in [-0.2, 0) is 10.0 Å². The predicted octanol–water partition coefficient (Wildman–Crippen LogP) is 1.26. The van der Waals surface area contributed by atoms with Crippen LogP contribution in [0.1, 0.15) is 6.42 Å². The molecule has 0 radical (unpaired) electrons. The first-order chi connectivity index (χ1) is 8.25. The van der Waals surface area contributed by atoms with Crippen LogP contribution in [0.15, 0.2) is 23.1 Å². The fraction of sp³-hybridized carbons (Fsp3) is 0.300. The van der Waals surface area contributed by atoms with E-state index in [1.54, 1.807) is 0 Å². The lowest BCUT2D eigenvalue weighted by Crippen LogP contribution is -2.30. The van der Waals surface area contributed by atoms with Crippen molar-refractivity contribution in [2.75, 3.05) is 13.6 Å². The van der Waals surface area contributed by atoms with Crippen molar-refractivity contribution in [2.24, 2.45) is 5.73 Å². The summed E-state index contributed by atoms with van der Waals surface area (Å²) in [4.78, 5) is -0.551. The topological polar surface area (TPSA) is 63.4 Å². The fourth-order valence-corrected chi connectivity index (χ4v) is 2.57. The molecule has 0 heterocycles. The summed E-state index contributed by atoms with van der Waals surface area (Å²) in [5.74, 6) is -1.82. The molecule has 0 spiro atoms. The molecule has 100 valence electrons. The number of nitrogens with zero attached hydrogens (tertiary/aromatic N) is 1. The number of hydrogen-bond donors (Lipinski definition) is 1. The first-order valence-electron chi connectivity index (χ1n) is 4.95. The van der Waals surface area contributed by atoms with Gasteiger partial charge in [0.25, 0.3) is 0 Å². The molecule has 0 unspecified atom stereocenters. The maximum absolute atomic E-state index is 13.4. The summed E-state index contributed by atoms with van der Waals surface area (Å²) in [6.07, 6.45) is 0.169. The first-order valence-corrected chi connectivity index (χ1v) is 6.79. The number of sulfonamides is 1. The van der Waals surface area contributed by atoms with Crippen molar-refractivity contribution in [1.82, 2.24) is 4.31 Å². The average Bonchev–Trinajstić information content (AvgIpc) is 2.28. The van der Waals surface area contributed by atoms with Gasteiger partial charge in [-0.25, -0.2) is 21.5 Å². The van der Waals surface area contributed by atoms with E-state index in [-0.39, 0.29) is 18.0 Å². The number of thiocarbonyl (C=S) groups is 1. The maximum Gasteiger partial charge on any atom is 0.245 e. The Bertz CT molecular complexity index is 561. The van der Waals surface area contributed by atoms with E-state index in [2.05, 4.69) is 12.2 Å². The van der Waals surface area contributed by atoms with E-state index in [1.807, 2.05) is 0 Å². The minimum absolute atomic E-state index is 0.00756. The normalized spacial score (nSPS) is 11.8. The average molecular weight is 294 g/mol. The standard InChI is InChI=1S/C10H12F2N2O2S2/c1-14(5-4-10(13)17)18(15,16)9-6-7(11)2-3-8(9)12/h2-3,6H,4-5H2,1H3,(H2,13,17). The highest BCUT2D eigenvalue weighted by atomic mass is 32.2. The molecule has 0 amide bonds. The Balaban J connectivity index is 3.05. The fourth-order valence-electron chi connectivity index (χ4n) is 1.23. The molecular weight excluding hydrogens is 282 g/mol. The van der Waals surface area contributed by atoms with Crippen molar-refractivity contribution in [1.29, 1.82) is 0 Å². The third-order valence-electron chi connectivity index (χ3n) is 2.25. The summed E-state index contributed by atoms with van der Waals surface area (Å²) >= 11 is 4.62. The minimum Gasteiger partial charge on any atom is -0.393 e. The van der Waals surface area contributed by atoms with Gasteiger partial charge in [-0.2, -0.15) is 0 Å². The maximum atomic E-state index is 13.4. The molecule has 0 saturated heterocycles. The quantitative estimate of drug-likeness (QED) is 0.831. The molecule has 0 atom stereocenters. The Morgan fingerprint density at radius 1 is 1.44 bits per heavy atom. The molecule has 18 heavy (non-hydrogen) atoms. The Labute approximate surface area is 109 Å². The van der Waals surface area contributed by atoms with Gasteiger partial charge in [0.15, 0.2) is 0 Å². The van der Waals surface area contributed by atoms with Crippen molar-refractivity contribution in [3.05, 3.63) is 29.8 Å². The predicted molar refractivity (Wildman–Crippen MR) is 67.6 cm³/mol. The smallest absolute Gasteiger partial charge is 0.245 e. The third-order valence-corrected chi connectivity index (χ3v) is 4.33. The zero-order chi connectivity index (χ0) is 13.9. The van der Waals surface area contributed by atoms with E-state index in [0.717, 1.165) is 16.4 Å². The highest BCUT2D eigenvalue weighted by Gasteiger charge is 2.24. The molecule has 0 aliphatic rings. The van der Waals surface area contributed by atoms with Crippen molar-refractivity contribution in [3.8, 4) is 0 Å². The van der Waals surface area contributed by atoms with E-state index >= 15 is 0 Å². The molecule has 1 rings (SSSR count). The molecular formula is C10H12F2N2O2S2. The molecule has 0 saturated carbocycles. The molecule has 2 N–H and O–H groups in total. The SMILES string of the molecule is CN(CCC(N)=S)S(=O)(=O)c1cc(F)ccc1F. The van der Waals surface area contributed by atoms with Crippen molar-refractivity contribution in [3.63, 3.8) is 0 Å². The van der Waals surface area contributed by atoms with Gasteiger partial charge in [-0.1, -0.05) is 12.2 Å². The van der Waals surface area contributed by atoms with Gasteiger partial charge in [0, 0.05) is 20.0 Å². The summed E-state index contributed by atoms with van der Waals surface area (Å²) in [6.45, 7) is 0.00756. The second-order valence-corrected chi connectivity index (χ2v) is 6.16. The van der Waals surface area contributed by atoms with Gasteiger partial charge in [-0.15, -0.1) is 0 Å². The van der Waals surface area contributed by atoms with E-state index < -0.39 is 26.6 Å². The highest BCUT2D eigenvalue weighted by Crippen LogP contribution is 2.19. The second-order valence-electron chi connectivity index (χ2n) is 3.62. The summed E-state index contributed by atoms with van der Waals surface area (Å²) in [7, 11) is -2.84. The molecule has 0 fully saturated rings. The lowest BCUT2D eigenvalue weighted by molar-refractivity contribution is 0.469. The zero-order valence-corrected chi connectivity index (χ0v) is 11.2. The van der Waals surface area contributed by atoms with Crippen LogP contribution in [0, 0.1) is 11.6 Å². The van der Waals surface area contributed by atoms with E-state index in [4.69, 9.17) is 5.73 Å². The molecule has 0 aliphatic heterocycles. The molecule has 1 aromatic carbocycles. The van der Waals surface area contributed by atoms with Crippen LogP contribution in [0.2, 0.25) is 0 Å². The summed E-state index contributed by atoms with van der Waals surface area (Å²) in [6, 6.07) is 2.26. The lowest BCUT2D eigenvalue weighted by Gasteiger charge is -2.17. The van der Waals surface area contributed by atoms with Gasteiger partial charge < -0.3 is 5.73 Å². The van der Waals surface area contributed by atoms with Crippen molar-refractivity contribution >= 4 is 27.2 Å². The number of hydrogen-bond acceptors (Lipinski definition) is 3. The van der Waals surface area contributed by atoms with Gasteiger partial charge in [0.05, 0.1) is 4.99 Å². The first kappa shape index (κ1) is 14.9. The van der Waals surface area contributed by atoms with E-state index in [1.165, 1.54) is 7.05 Å². The van der Waals surface area contributed by atoms with Crippen LogP contribution in [0.4, 0.5) is 8.78 Å². The van der Waals surface area contributed by atoms with Crippen molar-refractivity contribution in [2.45, 2.75) is 11.3 Å². The number of nitrogens with two attached hydrogens (primary N) is 1. The van der Waals surface area contributed by atoms with Crippen molar-refractivity contribution < 1.29 is 17.2 Å². The van der Waals surface area contributed by atoms with Gasteiger partial charge >= 0.3 is 0 Å². The second kappa shape index (κ2) is 5.68. The molecule has 0 bridgehead atoms. The van der Waals surface area contributed by atoms with Gasteiger partial charge in [0.2, 0.25) is 10.0 Å². The van der Waals surface area contributed by atoms with Gasteiger partial charge in [-0.05, 0) is 18.2 Å². The minimum atomic E-state index is -4.08.